The number of sulfonamides is 1. The molecule has 0 saturated heterocycles. The van der Waals surface area contributed by atoms with E-state index in [1.54, 1.807) is 50.2 Å². The first-order valence-corrected chi connectivity index (χ1v) is 10.5. The molecule has 0 unspecified atom stereocenters. The molecular formula is C20H24N2O6S. The summed E-state index contributed by atoms with van der Waals surface area (Å²) in [5.74, 6) is -0.939. The first kappa shape index (κ1) is 22.4. The minimum Gasteiger partial charge on any atom is -0.492 e. The van der Waals surface area contributed by atoms with Crippen molar-refractivity contribution >= 4 is 27.6 Å². The highest BCUT2D eigenvalue weighted by Crippen LogP contribution is 2.23. The van der Waals surface area contributed by atoms with E-state index < -0.39 is 35.1 Å². The standard InChI is InChI=1S/C20H24N2O6S/c1-4-27-17-8-6-5-7-16(17)22-19(23)13-28-20(24)12-21-29(25,26)18-11-14(2)9-10-15(18)3/h5-11,21H,4,12-13H2,1-3H3,(H,22,23). The fraction of sp³-hybridized carbons (Fsp3) is 0.300. The Morgan fingerprint density at radius 3 is 2.52 bits per heavy atom. The fourth-order valence-corrected chi connectivity index (χ4v) is 3.76. The summed E-state index contributed by atoms with van der Waals surface area (Å²) in [4.78, 5) is 23.9. The number of nitrogens with one attached hydrogen (secondary N) is 2. The van der Waals surface area contributed by atoms with Gasteiger partial charge in [0.15, 0.2) is 6.61 Å². The number of esters is 1. The predicted molar refractivity (Wildman–Crippen MR) is 108 cm³/mol. The maximum Gasteiger partial charge on any atom is 0.321 e. The summed E-state index contributed by atoms with van der Waals surface area (Å²) in [7, 11) is -3.88. The van der Waals surface area contributed by atoms with Crippen LogP contribution in [0, 0.1) is 13.8 Å². The van der Waals surface area contributed by atoms with Crippen molar-refractivity contribution in [2.75, 3.05) is 25.1 Å². The van der Waals surface area contributed by atoms with E-state index in [0.717, 1.165) is 5.56 Å². The molecule has 2 aromatic rings. The predicted octanol–water partition coefficient (Wildman–Crippen LogP) is 2.16. The molecule has 0 radical (unpaired) electrons. The van der Waals surface area contributed by atoms with Crippen molar-refractivity contribution in [3.05, 3.63) is 53.6 Å². The van der Waals surface area contributed by atoms with Crippen LogP contribution < -0.4 is 14.8 Å². The largest absolute Gasteiger partial charge is 0.492 e. The van der Waals surface area contributed by atoms with Gasteiger partial charge in [-0.05, 0) is 50.1 Å². The lowest BCUT2D eigenvalue weighted by molar-refractivity contribution is -0.146. The van der Waals surface area contributed by atoms with Crippen LogP contribution in [-0.2, 0) is 24.3 Å². The lowest BCUT2D eigenvalue weighted by atomic mass is 10.2. The second-order valence-corrected chi connectivity index (χ2v) is 7.97. The Morgan fingerprint density at radius 2 is 1.79 bits per heavy atom. The van der Waals surface area contributed by atoms with Gasteiger partial charge >= 0.3 is 5.97 Å². The molecule has 8 nitrogen and oxygen atoms in total. The minimum atomic E-state index is -3.88. The summed E-state index contributed by atoms with van der Waals surface area (Å²) in [5, 5.41) is 2.58. The second kappa shape index (κ2) is 10.0. The number of hydrogen-bond acceptors (Lipinski definition) is 6. The zero-order valence-corrected chi connectivity index (χ0v) is 17.3. The molecule has 0 saturated carbocycles. The van der Waals surface area contributed by atoms with Gasteiger partial charge in [-0.2, -0.15) is 4.72 Å². The molecule has 2 aromatic carbocycles. The highest BCUT2D eigenvalue weighted by Gasteiger charge is 2.19. The molecule has 2 rings (SSSR count). The number of carbonyl (C=O) groups excluding carboxylic acids is 2. The number of para-hydroxylation sites is 2. The molecule has 0 aliphatic heterocycles. The molecule has 0 heterocycles. The van der Waals surface area contributed by atoms with Crippen LogP contribution in [0.1, 0.15) is 18.1 Å². The Bertz CT molecular complexity index is 988. The van der Waals surface area contributed by atoms with Crippen LogP contribution in [-0.4, -0.2) is 40.1 Å². The monoisotopic (exact) mass is 420 g/mol. The molecule has 29 heavy (non-hydrogen) atoms. The van der Waals surface area contributed by atoms with Crippen LogP contribution >= 0.6 is 0 Å². The van der Waals surface area contributed by atoms with E-state index in [-0.39, 0.29) is 4.90 Å². The molecule has 156 valence electrons. The summed E-state index contributed by atoms with van der Waals surface area (Å²) >= 11 is 0. The third-order valence-electron chi connectivity index (χ3n) is 3.86. The van der Waals surface area contributed by atoms with E-state index in [2.05, 4.69) is 10.0 Å². The molecule has 0 bridgehead atoms. The summed E-state index contributed by atoms with van der Waals surface area (Å²) < 4.78 is 37.2. The fourth-order valence-electron chi connectivity index (χ4n) is 2.46. The van der Waals surface area contributed by atoms with Crippen molar-refractivity contribution in [1.29, 1.82) is 0 Å². The molecule has 0 fully saturated rings. The van der Waals surface area contributed by atoms with Crippen molar-refractivity contribution in [2.24, 2.45) is 0 Å². The van der Waals surface area contributed by atoms with E-state index in [9.17, 15) is 18.0 Å². The van der Waals surface area contributed by atoms with Gasteiger partial charge in [0.25, 0.3) is 5.91 Å². The van der Waals surface area contributed by atoms with Crippen LogP contribution in [0.3, 0.4) is 0 Å². The Labute approximate surface area is 170 Å². The molecule has 0 aliphatic carbocycles. The number of benzene rings is 2. The van der Waals surface area contributed by atoms with Gasteiger partial charge in [0, 0.05) is 0 Å². The van der Waals surface area contributed by atoms with Gasteiger partial charge in [-0.25, -0.2) is 8.42 Å². The van der Waals surface area contributed by atoms with E-state index in [0.29, 0.717) is 23.6 Å². The molecule has 0 atom stereocenters. The zero-order valence-electron chi connectivity index (χ0n) is 16.5. The van der Waals surface area contributed by atoms with Gasteiger partial charge in [0.2, 0.25) is 10.0 Å². The van der Waals surface area contributed by atoms with Crippen LogP contribution in [0.2, 0.25) is 0 Å². The highest BCUT2D eigenvalue weighted by molar-refractivity contribution is 7.89. The normalized spacial score (nSPS) is 11.0. The van der Waals surface area contributed by atoms with Crippen molar-refractivity contribution in [2.45, 2.75) is 25.7 Å². The Morgan fingerprint density at radius 1 is 1.07 bits per heavy atom. The third kappa shape index (κ3) is 6.58. The average Bonchev–Trinajstić information content (AvgIpc) is 2.68. The van der Waals surface area contributed by atoms with Crippen LogP contribution in [0.15, 0.2) is 47.4 Å². The first-order chi connectivity index (χ1) is 13.7. The summed E-state index contributed by atoms with van der Waals surface area (Å²) in [6.45, 7) is 4.55. The molecule has 0 aliphatic rings. The van der Waals surface area contributed by atoms with Gasteiger partial charge in [0.1, 0.15) is 12.3 Å². The highest BCUT2D eigenvalue weighted by atomic mass is 32.2. The van der Waals surface area contributed by atoms with Gasteiger partial charge in [-0.1, -0.05) is 24.3 Å². The van der Waals surface area contributed by atoms with E-state index in [1.165, 1.54) is 6.07 Å². The van der Waals surface area contributed by atoms with E-state index in [1.807, 2.05) is 6.92 Å². The molecule has 1 amide bonds. The third-order valence-corrected chi connectivity index (χ3v) is 5.41. The smallest absolute Gasteiger partial charge is 0.321 e. The lowest BCUT2D eigenvalue weighted by Gasteiger charge is -2.12. The van der Waals surface area contributed by atoms with Crippen molar-refractivity contribution in [1.82, 2.24) is 4.72 Å². The lowest BCUT2D eigenvalue weighted by Crippen LogP contribution is -2.32. The molecule has 9 heteroatoms. The van der Waals surface area contributed by atoms with E-state index >= 15 is 0 Å². The Balaban J connectivity index is 1.87. The summed E-state index contributed by atoms with van der Waals surface area (Å²) in [6.07, 6.45) is 0. The van der Waals surface area contributed by atoms with Crippen molar-refractivity contribution in [3.8, 4) is 5.75 Å². The van der Waals surface area contributed by atoms with Gasteiger partial charge in [0.05, 0.1) is 17.2 Å². The number of hydrogen-bond donors (Lipinski definition) is 2. The molecular weight excluding hydrogens is 396 g/mol. The summed E-state index contributed by atoms with van der Waals surface area (Å²) in [6, 6.07) is 11.9. The quantitative estimate of drug-likeness (QED) is 0.602. The Kier molecular flexibility index (Phi) is 7.74. The number of ether oxygens (including phenoxy) is 2. The molecule has 0 spiro atoms. The molecule has 2 N–H and O–H groups in total. The first-order valence-electron chi connectivity index (χ1n) is 8.97. The van der Waals surface area contributed by atoms with Crippen molar-refractivity contribution in [3.63, 3.8) is 0 Å². The number of aryl methyl sites for hydroxylation is 2. The van der Waals surface area contributed by atoms with Crippen LogP contribution in [0.4, 0.5) is 5.69 Å². The van der Waals surface area contributed by atoms with E-state index in [4.69, 9.17) is 9.47 Å². The van der Waals surface area contributed by atoms with Gasteiger partial charge in [-0.3, -0.25) is 9.59 Å². The van der Waals surface area contributed by atoms with Gasteiger partial charge < -0.3 is 14.8 Å². The average molecular weight is 420 g/mol. The number of rotatable bonds is 9. The number of carbonyl (C=O) groups is 2. The number of anilines is 1. The SMILES string of the molecule is CCOc1ccccc1NC(=O)COC(=O)CNS(=O)(=O)c1cc(C)ccc1C. The Hall–Kier alpha value is -2.91. The van der Waals surface area contributed by atoms with Crippen LogP contribution in [0.25, 0.3) is 0 Å². The topological polar surface area (TPSA) is 111 Å². The van der Waals surface area contributed by atoms with Crippen LogP contribution in [0.5, 0.6) is 5.75 Å². The second-order valence-electron chi connectivity index (χ2n) is 6.23. The maximum atomic E-state index is 12.4. The number of amides is 1. The minimum absolute atomic E-state index is 0.0931. The van der Waals surface area contributed by atoms with Crippen molar-refractivity contribution < 1.29 is 27.5 Å². The van der Waals surface area contributed by atoms with Gasteiger partial charge in [-0.15, -0.1) is 0 Å². The maximum absolute atomic E-state index is 12.4. The zero-order chi connectivity index (χ0) is 21.4. The molecule has 0 aromatic heterocycles. The summed E-state index contributed by atoms with van der Waals surface area (Å²) in [5.41, 5.74) is 1.79.